The fraction of sp³-hybridized carbons (Fsp3) is 0.571. The molecule has 2 rings (SSSR count). The number of benzene rings is 1. The van der Waals surface area contributed by atoms with Crippen molar-refractivity contribution < 1.29 is 19.5 Å². The van der Waals surface area contributed by atoms with E-state index < -0.39 is 5.97 Å². The highest BCUT2D eigenvalue weighted by Gasteiger charge is 2.28. The summed E-state index contributed by atoms with van der Waals surface area (Å²) in [5.41, 5.74) is 2.39. The number of hydrogen-bond acceptors (Lipinski definition) is 3. The SMILES string of the molecule is CC(=O)N(CC(=O)O)C1CCCN(C(=O)CC(C)c2ccccc2C)CC1. The molecule has 2 amide bonds. The van der Waals surface area contributed by atoms with E-state index in [-0.39, 0.29) is 30.3 Å². The highest BCUT2D eigenvalue weighted by Crippen LogP contribution is 2.24. The zero-order valence-corrected chi connectivity index (χ0v) is 16.5. The standard InChI is InChI=1S/C21H30N2O4/c1-15-7-4-5-9-19(15)16(2)13-20(25)22-11-6-8-18(10-12-22)23(17(3)24)14-21(26)27/h4-5,7,9,16,18H,6,8,10-14H2,1-3H3,(H,26,27). The number of carboxylic acids is 1. The third-order valence-corrected chi connectivity index (χ3v) is 5.40. The predicted octanol–water partition coefficient (Wildman–Crippen LogP) is 2.80. The van der Waals surface area contributed by atoms with E-state index in [9.17, 15) is 14.4 Å². The number of carboxylic acid groups (broad SMARTS) is 1. The zero-order chi connectivity index (χ0) is 20.0. The van der Waals surface area contributed by atoms with Crippen molar-refractivity contribution in [3.8, 4) is 0 Å². The molecule has 1 heterocycles. The lowest BCUT2D eigenvalue weighted by atomic mass is 9.93. The van der Waals surface area contributed by atoms with Gasteiger partial charge in [-0.3, -0.25) is 14.4 Å². The molecule has 1 fully saturated rings. The van der Waals surface area contributed by atoms with E-state index in [2.05, 4.69) is 26.0 Å². The molecular formula is C21H30N2O4. The van der Waals surface area contributed by atoms with Crippen LogP contribution in [0.15, 0.2) is 24.3 Å². The molecule has 1 saturated heterocycles. The van der Waals surface area contributed by atoms with Gasteiger partial charge in [-0.05, 0) is 43.2 Å². The van der Waals surface area contributed by atoms with Crippen molar-refractivity contribution in [1.82, 2.24) is 9.80 Å². The molecule has 27 heavy (non-hydrogen) atoms. The quantitative estimate of drug-likeness (QED) is 0.830. The maximum Gasteiger partial charge on any atom is 0.323 e. The van der Waals surface area contributed by atoms with Crippen LogP contribution in [0.4, 0.5) is 0 Å². The third-order valence-electron chi connectivity index (χ3n) is 5.40. The first kappa shape index (κ1) is 20.9. The summed E-state index contributed by atoms with van der Waals surface area (Å²) in [5.74, 6) is -0.956. The van der Waals surface area contributed by atoms with Gasteiger partial charge >= 0.3 is 5.97 Å². The molecule has 148 valence electrons. The highest BCUT2D eigenvalue weighted by atomic mass is 16.4. The Labute approximate surface area is 161 Å². The van der Waals surface area contributed by atoms with E-state index >= 15 is 0 Å². The molecule has 1 aliphatic rings. The average Bonchev–Trinajstić information content (AvgIpc) is 2.85. The second-order valence-corrected chi connectivity index (χ2v) is 7.47. The number of rotatable bonds is 6. The van der Waals surface area contributed by atoms with Gasteiger partial charge in [0, 0.05) is 32.5 Å². The van der Waals surface area contributed by atoms with Crippen LogP contribution in [0.25, 0.3) is 0 Å². The smallest absolute Gasteiger partial charge is 0.323 e. The summed E-state index contributed by atoms with van der Waals surface area (Å²) in [6, 6.07) is 8.01. The van der Waals surface area contributed by atoms with E-state index in [0.717, 1.165) is 12.8 Å². The minimum Gasteiger partial charge on any atom is -0.480 e. The highest BCUT2D eigenvalue weighted by molar-refractivity contribution is 5.80. The van der Waals surface area contributed by atoms with Crippen molar-refractivity contribution in [1.29, 1.82) is 0 Å². The number of likely N-dealkylation sites (tertiary alicyclic amines) is 1. The molecule has 1 N–H and O–H groups in total. The summed E-state index contributed by atoms with van der Waals surface area (Å²) < 4.78 is 0. The number of hydrogen-bond donors (Lipinski definition) is 1. The Kier molecular flexibility index (Phi) is 7.39. The molecule has 2 unspecified atom stereocenters. The molecule has 0 saturated carbocycles. The van der Waals surface area contributed by atoms with Gasteiger partial charge in [-0.15, -0.1) is 0 Å². The Morgan fingerprint density at radius 1 is 1.22 bits per heavy atom. The van der Waals surface area contributed by atoms with Crippen LogP contribution >= 0.6 is 0 Å². The first-order chi connectivity index (χ1) is 12.8. The second kappa shape index (κ2) is 9.53. The van der Waals surface area contributed by atoms with Gasteiger partial charge in [-0.25, -0.2) is 0 Å². The van der Waals surface area contributed by atoms with Crippen LogP contribution < -0.4 is 0 Å². The van der Waals surface area contributed by atoms with Gasteiger partial charge in [0.15, 0.2) is 0 Å². The Hall–Kier alpha value is -2.37. The fourth-order valence-electron chi connectivity index (χ4n) is 3.92. The molecular weight excluding hydrogens is 344 g/mol. The monoisotopic (exact) mass is 374 g/mol. The molecule has 2 atom stereocenters. The van der Waals surface area contributed by atoms with Crippen LogP contribution in [0.5, 0.6) is 0 Å². The van der Waals surface area contributed by atoms with Crippen molar-refractivity contribution in [2.24, 2.45) is 0 Å². The Morgan fingerprint density at radius 3 is 2.56 bits per heavy atom. The first-order valence-corrected chi connectivity index (χ1v) is 9.62. The minimum atomic E-state index is -1.01. The molecule has 6 nitrogen and oxygen atoms in total. The minimum absolute atomic E-state index is 0.120. The molecule has 0 aromatic heterocycles. The molecule has 6 heteroatoms. The van der Waals surface area contributed by atoms with Gasteiger partial charge in [0.1, 0.15) is 6.54 Å². The fourth-order valence-corrected chi connectivity index (χ4v) is 3.92. The Balaban J connectivity index is 1.96. The summed E-state index contributed by atoms with van der Waals surface area (Å²) in [5, 5.41) is 9.05. The molecule has 0 radical (unpaired) electrons. The van der Waals surface area contributed by atoms with E-state index in [1.165, 1.54) is 23.0 Å². The van der Waals surface area contributed by atoms with Crippen molar-refractivity contribution in [2.75, 3.05) is 19.6 Å². The van der Waals surface area contributed by atoms with Gasteiger partial charge in [-0.1, -0.05) is 31.2 Å². The van der Waals surface area contributed by atoms with E-state index in [1.807, 2.05) is 17.0 Å². The summed E-state index contributed by atoms with van der Waals surface area (Å²) in [7, 11) is 0. The van der Waals surface area contributed by atoms with Crippen LogP contribution in [0.3, 0.4) is 0 Å². The van der Waals surface area contributed by atoms with Gasteiger partial charge in [0.2, 0.25) is 11.8 Å². The summed E-state index contributed by atoms with van der Waals surface area (Å²) in [6.07, 6.45) is 2.58. The van der Waals surface area contributed by atoms with Gasteiger partial charge in [-0.2, -0.15) is 0 Å². The topological polar surface area (TPSA) is 77.9 Å². The van der Waals surface area contributed by atoms with Crippen LogP contribution in [0.2, 0.25) is 0 Å². The van der Waals surface area contributed by atoms with Crippen molar-refractivity contribution in [3.63, 3.8) is 0 Å². The lowest BCUT2D eigenvalue weighted by Crippen LogP contribution is -2.43. The number of carbonyl (C=O) groups is 3. The van der Waals surface area contributed by atoms with Gasteiger partial charge < -0.3 is 14.9 Å². The Bertz CT molecular complexity index is 689. The molecule has 1 aromatic rings. The summed E-state index contributed by atoms with van der Waals surface area (Å²) in [6.45, 7) is 6.48. The average molecular weight is 374 g/mol. The van der Waals surface area contributed by atoms with E-state index in [4.69, 9.17) is 5.11 Å². The number of aliphatic carboxylic acids is 1. The maximum atomic E-state index is 12.8. The van der Waals surface area contributed by atoms with Crippen LogP contribution in [-0.4, -0.2) is 58.4 Å². The lowest BCUT2D eigenvalue weighted by Gasteiger charge is -2.29. The van der Waals surface area contributed by atoms with Crippen molar-refractivity contribution in [2.45, 2.75) is 58.4 Å². The van der Waals surface area contributed by atoms with E-state index in [0.29, 0.717) is 25.9 Å². The molecule has 1 aromatic carbocycles. The number of nitrogens with zero attached hydrogens (tertiary/aromatic N) is 2. The lowest BCUT2D eigenvalue weighted by molar-refractivity contribution is -0.145. The van der Waals surface area contributed by atoms with Crippen molar-refractivity contribution >= 4 is 17.8 Å². The van der Waals surface area contributed by atoms with Crippen molar-refractivity contribution in [3.05, 3.63) is 35.4 Å². The van der Waals surface area contributed by atoms with Crippen LogP contribution in [-0.2, 0) is 14.4 Å². The maximum absolute atomic E-state index is 12.8. The van der Waals surface area contributed by atoms with Crippen LogP contribution in [0.1, 0.15) is 56.6 Å². The number of carbonyl (C=O) groups excluding carboxylic acids is 2. The normalized spacial score (nSPS) is 18.5. The molecule has 0 aliphatic carbocycles. The number of amides is 2. The molecule has 0 spiro atoms. The Morgan fingerprint density at radius 2 is 1.93 bits per heavy atom. The zero-order valence-electron chi connectivity index (χ0n) is 16.5. The molecule has 0 bridgehead atoms. The van der Waals surface area contributed by atoms with Gasteiger partial charge in [0.05, 0.1) is 0 Å². The molecule has 1 aliphatic heterocycles. The largest absolute Gasteiger partial charge is 0.480 e. The first-order valence-electron chi connectivity index (χ1n) is 9.62. The predicted molar refractivity (Wildman–Crippen MR) is 103 cm³/mol. The second-order valence-electron chi connectivity index (χ2n) is 7.47. The number of aryl methyl sites for hydroxylation is 1. The summed E-state index contributed by atoms with van der Waals surface area (Å²) in [4.78, 5) is 38.9. The van der Waals surface area contributed by atoms with E-state index in [1.54, 1.807) is 0 Å². The summed E-state index contributed by atoms with van der Waals surface area (Å²) >= 11 is 0. The van der Waals surface area contributed by atoms with Gasteiger partial charge in [0.25, 0.3) is 0 Å². The third kappa shape index (κ3) is 5.81. The van der Waals surface area contributed by atoms with Crippen LogP contribution in [0, 0.1) is 6.92 Å².